The third kappa shape index (κ3) is 4.59. The van der Waals surface area contributed by atoms with Gasteiger partial charge in [-0.15, -0.1) is 0 Å². The van der Waals surface area contributed by atoms with Gasteiger partial charge in [-0.1, -0.05) is 30.3 Å². The summed E-state index contributed by atoms with van der Waals surface area (Å²) in [6, 6.07) is 23.2. The van der Waals surface area contributed by atoms with Crippen LogP contribution >= 0.6 is 0 Å². The minimum Gasteiger partial charge on any atom is -0.322 e. The molecule has 2 heterocycles. The van der Waals surface area contributed by atoms with Crippen LogP contribution in [0.3, 0.4) is 0 Å². The van der Waals surface area contributed by atoms with Gasteiger partial charge in [0.05, 0.1) is 11.3 Å². The van der Waals surface area contributed by atoms with Crippen molar-refractivity contribution in [3.63, 3.8) is 0 Å². The highest BCUT2D eigenvalue weighted by Gasteiger charge is 2.25. The van der Waals surface area contributed by atoms with E-state index >= 15 is 0 Å². The molecule has 0 radical (unpaired) electrons. The van der Waals surface area contributed by atoms with E-state index < -0.39 is 0 Å². The van der Waals surface area contributed by atoms with Gasteiger partial charge in [0.15, 0.2) is 0 Å². The summed E-state index contributed by atoms with van der Waals surface area (Å²) >= 11 is 0. The molecule has 3 aromatic carbocycles. The Kier molecular flexibility index (Phi) is 6.28. The Bertz CT molecular complexity index is 1450. The van der Waals surface area contributed by atoms with Crippen molar-refractivity contribution in [3.8, 4) is 0 Å². The number of aryl methyl sites for hydroxylation is 1. The Hall–Kier alpha value is -4.78. The van der Waals surface area contributed by atoms with E-state index in [1.54, 1.807) is 53.4 Å². The Morgan fingerprint density at radius 2 is 1.53 bits per heavy atom. The number of nitrogens with one attached hydrogen (secondary N) is 2. The zero-order valence-electron chi connectivity index (χ0n) is 19.7. The second-order valence-corrected chi connectivity index (χ2v) is 8.55. The lowest BCUT2D eigenvalue weighted by Crippen LogP contribution is -2.28. The second-order valence-electron chi connectivity index (χ2n) is 8.55. The number of amides is 3. The molecule has 0 saturated heterocycles. The molecule has 7 nitrogen and oxygen atoms in total. The highest BCUT2D eigenvalue weighted by Crippen LogP contribution is 2.29. The van der Waals surface area contributed by atoms with Gasteiger partial charge in [0.2, 0.25) is 0 Å². The minimum atomic E-state index is -0.365. The molecule has 0 atom stereocenters. The number of pyridine rings is 1. The monoisotopic (exact) mass is 476 g/mol. The molecule has 4 aromatic rings. The normalized spacial score (nSPS) is 12.1. The summed E-state index contributed by atoms with van der Waals surface area (Å²) in [4.78, 5) is 44.6. The van der Waals surface area contributed by atoms with Crippen LogP contribution in [-0.4, -0.2) is 29.3 Å². The number of hydrogen-bond acceptors (Lipinski definition) is 4. The maximum atomic E-state index is 13.1. The van der Waals surface area contributed by atoms with Crippen LogP contribution in [0.15, 0.2) is 91.3 Å². The number of para-hydroxylation sites is 2. The third-order valence-electron chi connectivity index (χ3n) is 6.22. The molecule has 0 spiro atoms. The predicted octanol–water partition coefficient (Wildman–Crippen LogP) is 5.10. The lowest BCUT2D eigenvalue weighted by atomic mass is 10.1. The first kappa shape index (κ1) is 23.0. The first-order chi connectivity index (χ1) is 17.5. The van der Waals surface area contributed by atoms with Crippen molar-refractivity contribution in [3.05, 3.63) is 119 Å². The van der Waals surface area contributed by atoms with E-state index in [1.165, 1.54) is 18.0 Å². The molecule has 0 unspecified atom stereocenters. The maximum Gasteiger partial charge on any atom is 0.258 e. The molecule has 1 aliphatic heterocycles. The summed E-state index contributed by atoms with van der Waals surface area (Å²) < 4.78 is 0. The quantitative estimate of drug-likeness (QED) is 0.419. The molecule has 36 heavy (non-hydrogen) atoms. The number of anilines is 3. The van der Waals surface area contributed by atoms with Crippen LogP contribution in [0.5, 0.6) is 0 Å². The number of fused-ring (bicyclic) bond motifs is 1. The van der Waals surface area contributed by atoms with Crippen molar-refractivity contribution in [1.82, 2.24) is 4.98 Å². The molecule has 1 aromatic heterocycles. The summed E-state index contributed by atoms with van der Waals surface area (Å²) in [5.41, 5.74) is 5.19. The molecule has 3 amide bonds. The molecule has 1 aliphatic rings. The van der Waals surface area contributed by atoms with Gasteiger partial charge in [-0.2, -0.15) is 0 Å². The van der Waals surface area contributed by atoms with E-state index in [9.17, 15) is 14.4 Å². The molecule has 5 rings (SSSR count). The zero-order chi connectivity index (χ0) is 25.1. The predicted molar refractivity (Wildman–Crippen MR) is 140 cm³/mol. The third-order valence-corrected chi connectivity index (χ3v) is 6.22. The highest BCUT2D eigenvalue weighted by atomic mass is 16.2. The second kappa shape index (κ2) is 9.84. The van der Waals surface area contributed by atoms with Crippen molar-refractivity contribution >= 4 is 34.8 Å². The Morgan fingerprint density at radius 3 is 2.31 bits per heavy atom. The number of nitrogens with zero attached hydrogens (tertiary/aromatic N) is 2. The Morgan fingerprint density at radius 1 is 0.778 bits per heavy atom. The summed E-state index contributed by atoms with van der Waals surface area (Å²) in [7, 11) is 0. The fourth-order valence-corrected chi connectivity index (χ4v) is 4.31. The molecular weight excluding hydrogens is 452 g/mol. The average Bonchev–Trinajstić information content (AvgIpc) is 3.34. The molecular formula is C29H24N4O3. The topological polar surface area (TPSA) is 91.4 Å². The van der Waals surface area contributed by atoms with Gasteiger partial charge in [-0.25, -0.2) is 0 Å². The summed E-state index contributed by atoms with van der Waals surface area (Å²) in [6.07, 6.45) is 3.92. The first-order valence-electron chi connectivity index (χ1n) is 11.6. The summed E-state index contributed by atoms with van der Waals surface area (Å²) in [6.45, 7) is 2.48. The molecule has 178 valence electrons. The van der Waals surface area contributed by atoms with Gasteiger partial charge in [-0.3, -0.25) is 19.4 Å². The molecule has 0 fully saturated rings. The summed E-state index contributed by atoms with van der Waals surface area (Å²) in [5, 5.41) is 5.71. The van der Waals surface area contributed by atoms with E-state index in [0.29, 0.717) is 34.6 Å². The number of carbonyl (C=O) groups excluding carboxylic acids is 3. The van der Waals surface area contributed by atoms with Gasteiger partial charge in [0, 0.05) is 41.4 Å². The van der Waals surface area contributed by atoms with E-state index in [2.05, 4.69) is 15.6 Å². The van der Waals surface area contributed by atoms with Gasteiger partial charge in [0.25, 0.3) is 17.7 Å². The Labute approximate surface area is 208 Å². The van der Waals surface area contributed by atoms with E-state index in [4.69, 9.17) is 0 Å². The van der Waals surface area contributed by atoms with E-state index in [0.717, 1.165) is 17.7 Å². The number of rotatable bonds is 5. The average molecular weight is 477 g/mol. The fraction of sp³-hybridized carbons (Fsp3) is 0.103. The van der Waals surface area contributed by atoms with Gasteiger partial charge in [0.1, 0.15) is 0 Å². The van der Waals surface area contributed by atoms with Crippen molar-refractivity contribution in [1.29, 1.82) is 0 Å². The standard InChI is InChI=1S/C29H24N4O3/c1-19-5-4-7-24(26(19)32-27(34)21-13-16-30-17-14-21)28(35)31-23-11-9-22(10-12-23)29(36)33-18-15-20-6-2-3-8-25(20)33/h2-14,16-17H,15,18H2,1H3,(H,31,35)(H,32,34). The maximum absolute atomic E-state index is 13.1. The smallest absolute Gasteiger partial charge is 0.258 e. The molecule has 0 bridgehead atoms. The van der Waals surface area contributed by atoms with Crippen LogP contribution in [0, 0.1) is 6.92 Å². The van der Waals surface area contributed by atoms with E-state index in [1.807, 2.05) is 37.3 Å². The van der Waals surface area contributed by atoms with Crippen LogP contribution in [0.1, 0.15) is 42.2 Å². The lowest BCUT2D eigenvalue weighted by Gasteiger charge is -2.18. The zero-order valence-corrected chi connectivity index (χ0v) is 19.7. The van der Waals surface area contributed by atoms with Crippen LogP contribution in [0.25, 0.3) is 0 Å². The molecule has 0 aliphatic carbocycles. The minimum absolute atomic E-state index is 0.0716. The van der Waals surface area contributed by atoms with Gasteiger partial charge >= 0.3 is 0 Å². The fourth-order valence-electron chi connectivity index (χ4n) is 4.31. The van der Waals surface area contributed by atoms with Gasteiger partial charge < -0.3 is 15.5 Å². The largest absolute Gasteiger partial charge is 0.322 e. The number of hydrogen-bond donors (Lipinski definition) is 2. The SMILES string of the molecule is Cc1cccc(C(=O)Nc2ccc(C(=O)N3CCc4ccccc43)cc2)c1NC(=O)c1ccncc1. The van der Waals surface area contributed by atoms with Crippen molar-refractivity contribution in [2.24, 2.45) is 0 Å². The number of carbonyl (C=O) groups is 3. The van der Waals surface area contributed by atoms with Crippen molar-refractivity contribution in [2.75, 3.05) is 22.1 Å². The van der Waals surface area contributed by atoms with Crippen LogP contribution in [0.2, 0.25) is 0 Å². The highest BCUT2D eigenvalue weighted by molar-refractivity contribution is 6.13. The van der Waals surface area contributed by atoms with Crippen molar-refractivity contribution < 1.29 is 14.4 Å². The Balaban J connectivity index is 1.31. The molecule has 7 heteroatoms. The van der Waals surface area contributed by atoms with Crippen molar-refractivity contribution in [2.45, 2.75) is 13.3 Å². The van der Waals surface area contributed by atoms with Crippen LogP contribution in [0.4, 0.5) is 17.1 Å². The number of benzene rings is 3. The first-order valence-corrected chi connectivity index (χ1v) is 11.6. The molecule has 2 N–H and O–H groups in total. The molecule has 0 saturated carbocycles. The van der Waals surface area contributed by atoms with Gasteiger partial charge in [-0.05, 0) is 73.0 Å². The van der Waals surface area contributed by atoms with Crippen LogP contribution in [-0.2, 0) is 6.42 Å². The lowest BCUT2D eigenvalue weighted by molar-refractivity contribution is 0.0986. The summed E-state index contributed by atoms with van der Waals surface area (Å²) in [5.74, 6) is -0.763. The number of aromatic nitrogens is 1. The van der Waals surface area contributed by atoms with E-state index in [-0.39, 0.29) is 17.7 Å². The van der Waals surface area contributed by atoms with Crippen LogP contribution < -0.4 is 15.5 Å².